The number of carbonyl (C=O) groups is 1. The molecule has 0 aliphatic heterocycles. The normalized spacial score (nSPS) is 11.0. The molecule has 4 heteroatoms. The summed E-state index contributed by atoms with van der Waals surface area (Å²) in [5.74, 6) is -0.0813. The number of rotatable bonds is 5. The molecule has 1 rings (SSSR count). The van der Waals surface area contributed by atoms with Crippen molar-refractivity contribution in [3.8, 4) is 5.75 Å². The van der Waals surface area contributed by atoms with Gasteiger partial charge in [0.2, 0.25) is 5.91 Å². The van der Waals surface area contributed by atoms with Gasteiger partial charge in [-0.05, 0) is 31.5 Å². The minimum Gasteiger partial charge on any atom is -0.508 e. The fourth-order valence-electron chi connectivity index (χ4n) is 1.46. The molecule has 0 atom stereocenters. The summed E-state index contributed by atoms with van der Waals surface area (Å²) in [7, 11) is 0. The van der Waals surface area contributed by atoms with Gasteiger partial charge in [0, 0.05) is 12.6 Å². The van der Waals surface area contributed by atoms with Gasteiger partial charge >= 0.3 is 0 Å². The van der Waals surface area contributed by atoms with Gasteiger partial charge in [0.15, 0.2) is 0 Å². The predicted molar refractivity (Wildman–Crippen MR) is 62.8 cm³/mol. The molecule has 88 valence electrons. The average molecular weight is 222 g/mol. The third kappa shape index (κ3) is 3.90. The van der Waals surface area contributed by atoms with Gasteiger partial charge in [-0.3, -0.25) is 9.69 Å². The molecule has 1 amide bonds. The first-order valence-electron chi connectivity index (χ1n) is 5.29. The van der Waals surface area contributed by atoms with Crippen molar-refractivity contribution in [3.63, 3.8) is 0 Å². The molecule has 16 heavy (non-hydrogen) atoms. The van der Waals surface area contributed by atoms with E-state index in [1.807, 2.05) is 30.9 Å². The van der Waals surface area contributed by atoms with Crippen LogP contribution < -0.4 is 5.73 Å². The van der Waals surface area contributed by atoms with Gasteiger partial charge in [0.05, 0.1) is 6.54 Å². The van der Waals surface area contributed by atoms with Gasteiger partial charge in [0.1, 0.15) is 5.75 Å². The first kappa shape index (κ1) is 12.5. The van der Waals surface area contributed by atoms with E-state index in [-0.39, 0.29) is 24.2 Å². The Morgan fingerprint density at radius 2 is 1.94 bits per heavy atom. The summed E-state index contributed by atoms with van der Waals surface area (Å²) in [6.07, 6.45) is 0. The van der Waals surface area contributed by atoms with Crippen LogP contribution in [0, 0.1) is 0 Å². The summed E-state index contributed by atoms with van der Waals surface area (Å²) in [4.78, 5) is 12.9. The number of primary amides is 1. The van der Waals surface area contributed by atoms with E-state index < -0.39 is 0 Å². The van der Waals surface area contributed by atoms with Crippen LogP contribution in [0.2, 0.25) is 0 Å². The molecule has 0 saturated heterocycles. The quantitative estimate of drug-likeness (QED) is 0.783. The number of phenols is 1. The van der Waals surface area contributed by atoms with E-state index in [1.165, 1.54) is 0 Å². The van der Waals surface area contributed by atoms with Crippen LogP contribution in [-0.2, 0) is 11.3 Å². The SMILES string of the molecule is CC(C)N(CC(N)=O)Cc1ccc(O)cc1. The number of hydrogen-bond donors (Lipinski definition) is 2. The smallest absolute Gasteiger partial charge is 0.231 e. The summed E-state index contributed by atoms with van der Waals surface area (Å²) in [5.41, 5.74) is 6.24. The van der Waals surface area contributed by atoms with Crippen LogP contribution in [-0.4, -0.2) is 28.5 Å². The van der Waals surface area contributed by atoms with Crippen molar-refractivity contribution < 1.29 is 9.90 Å². The maximum Gasteiger partial charge on any atom is 0.231 e. The van der Waals surface area contributed by atoms with Crippen LogP contribution in [0.4, 0.5) is 0 Å². The number of phenolic OH excluding ortho intramolecular Hbond substituents is 1. The van der Waals surface area contributed by atoms with Crippen LogP contribution in [0.25, 0.3) is 0 Å². The largest absolute Gasteiger partial charge is 0.508 e. The Labute approximate surface area is 95.7 Å². The number of hydrogen-bond acceptors (Lipinski definition) is 3. The molecule has 0 unspecified atom stereocenters. The molecular formula is C12H18N2O2. The zero-order valence-corrected chi connectivity index (χ0v) is 9.68. The lowest BCUT2D eigenvalue weighted by molar-refractivity contribution is -0.119. The third-order valence-electron chi connectivity index (χ3n) is 2.41. The van der Waals surface area contributed by atoms with Crippen molar-refractivity contribution in [2.75, 3.05) is 6.54 Å². The molecule has 4 nitrogen and oxygen atoms in total. The summed E-state index contributed by atoms with van der Waals surface area (Å²) in [6.45, 7) is 4.94. The molecule has 1 aromatic rings. The van der Waals surface area contributed by atoms with Crippen molar-refractivity contribution in [2.45, 2.75) is 26.4 Å². The highest BCUT2D eigenvalue weighted by molar-refractivity contribution is 5.75. The van der Waals surface area contributed by atoms with Crippen molar-refractivity contribution in [2.24, 2.45) is 5.73 Å². The molecule has 0 saturated carbocycles. The molecule has 0 heterocycles. The maximum absolute atomic E-state index is 10.9. The lowest BCUT2D eigenvalue weighted by atomic mass is 10.2. The topological polar surface area (TPSA) is 66.6 Å². The van der Waals surface area contributed by atoms with Gasteiger partial charge < -0.3 is 10.8 Å². The minimum absolute atomic E-state index is 0.245. The number of carbonyl (C=O) groups excluding carboxylic acids is 1. The first-order chi connectivity index (χ1) is 7.49. The summed E-state index contributed by atoms with van der Waals surface area (Å²) in [5, 5.41) is 9.16. The second-order valence-electron chi connectivity index (χ2n) is 4.13. The Morgan fingerprint density at radius 3 is 2.38 bits per heavy atom. The van der Waals surface area contributed by atoms with E-state index in [0.717, 1.165) is 5.56 Å². The van der Waals surface area contributed by atoms with Gasteiger partial charge in [-0.2, -0.15) is 0 Å². The zero-order valence-electron chi connectivity index (χ0n) is 9.68. The second-order valence-corrected chi connectivity index (χ2v) is 4.13. The van der Waals surface area contributed by atoms with Gasteiger partial charge in [0.25, 0.3) is 0 Å². The Morgan fingerprint density at radius 1 is 1.38 bits per heavy atom. The summed E-state index contributed by atoms with van der Waals surface area (Å²) >= 11 is 0. The molecular weight excluding hydrogens is 204 g/mol. The molecule has 0 aliphatic rings. The maximum atomic E-state index is 10.9. The van der Waals surface area contributed by atoms with Gasteiger partial charge in [-0.15, -0.1) is 0 Å². The van der Waals surface area contributed by atoms with Crippen LogP contribution in [0.3, 0.4) is 0 Å². The Kier molecular flexibility index (Phi) is 4.31. The van der Waals surface area contributed by atoms with Crippen molar-refractivity contribution in [1.82, 2.24) is 4.90 Å². The van der Waals surface area contributed by atoms with Crippen molar-refractivity contribution in [3.05, 3.63) is 29.8 Å². The lowest BCUT2D eigenvalue weighted by Gasteiger charge is -2.24. The highest BCUT2D eigenvalue weighted by Crippen LogP contribution is 2.12. The number of nitrogens with two attached hydrogens (primary N) is 1. The monoisotopic (exact) mass is 222 g/mol. The van der Waals surface area contributed by atoms with E-state index in [4.69, 9.17) is 10.8 Å². The second kappa shape index (κ2) is 5.51. The van der Waals surface area contributed by atoms with E-state index in [9.17, 15) is 4.79 Å². The molecule has 0 spiro atoms. The minimum atomic E-state index is -0.326. The number of aromatic hydroxyl groups is 1. The summed E-state index contributed by atoms with van der Waals surface area (Å²) in [6, 6.07) is 7.20. The van der Waals surface area contributed by atoms with Crippen molar-refractivity contribution in [1.29, 1.82) is 0 Å². The first-order valence-corrected chi connectivity index (χ1v) is 5.29. The molecule has 0 fully saturated rings. The standard InChI is InChI=1S/C12H18N2O2/c1-9(2)14(8-12(13)16)7-10-3-5-11(15)6-4-10/h3-6,9,15H,7-8H2,1-2H3,(H2,13,16). The lowest BCUT2D eigenvalue weighted by Crippen LogP contribution is -2.37. The number of benzene rings is 1. The highest BCUT2D eigenvalue weighted by atomic mass is 16.3. The van der Waals surface area contributed by atoms with Crippen LogP contribution in [0.15, 0.2) is 24.3 Å². The number of nitrogens with zero attached hydrogens (tertiary/aromatic N) is 1. The van der Waals surface area contributed by atoms with Gasteiger partial charge in [-0.1, -0.05) is 12.1 Å². The van der Waals surface area contributed by atoms with Gasteiger partial charge in [-0.25, -0.2) is 0 Å². The molecule has 3 N–H and O–H groups in total. The molecule has 1 aromatic carbocycles. The highest BCUT2D eigenvalue weighted by Gasteiger charge is 2.12. The molecule has 0 radical (unpaired) electrons. The van der Waals surface area contributed by atoms with E-state index in [0.29, 0.717) is 6.54 Å². The van der Waals surface area contributed by atoms with Crippen LogP contribution in [0.1, 0.15) is 19.4 Å². The Bertz CT molecular complexity index is 347. The van der Waals surface area contributed by atoms with E-state index in [1.54, 1.807) is 12.1 Å². The van der Waals surface area contributed by atoms with Crippen LogP contribution >= 0.6 is 0 Å². The molecule has 0 aromatic heterocycles. The number of amides is 1. The Balaban J connectivity index is 2.67. The summed E-state index contributed by atoms with van der Waals surface area (Å²) < 4.78 is 0. The average Bonchev–Trinajstić information content (AvgIpc) is 2.19. The van der Waals surface area contributed by atoms with Crippen LogP contribution in [0.5, 0.6) is 5.75 Å². The fourth-order valence-corrected chi connectivity index (χ4v) is 1.46. The Hall–Kier alpha value is -1.55. The predicted octanol–water partition coefficient (Wildman–Crippen LogP) is 1.09. The van der Waals surface area contributed by atoms with Crippen molar-refractivity contribution >= 4 is 5.91 Å². The fraction of sp³-hybridized carbons (Fsp3) is 0.417. The van der Waals surface area contributed by atoms with E-state index in [2.05, 4.69) is 0 Å². The third-order valence-corrected chi connectivity index (χ3v) is 2.41. The van der Waals surface area contributed by atoms with E-state index >= 15 is 0 Å². The zero-order chi connectivity index (χ0) is 12.1. The molecule has 0 aliphatic carbocycles. The molecule has 0 bridgehead atoms.